The molecule has 0 aliphatic carbocycles. The van der Waals surface area contributed by atoms with Gasteiger partial charge in [0.25, 0.3) is 10.0 Å². The molecule has 0 saturated carbocycles. The molecular weight excluding hydrogens is 422 g/mol. The fourth-order valence-electron chi connectivity index (χ4n) is 3.85. The Labute approximate surface area is 188 Å². The molecule has 0 atom stereocenters. The highest BCUT2D eigenvalue weighted by Gasteiger charge is 2.20. The Morgan fingerprint density at radius 2 is 1.62 bits per heavy atom. The molecule has 0 unspecified atom stereocenters. The Morgan fingerprint density at radius 3 is 2.31 bits per heavy atom. The normalized spacial score (nSPS) is 11.5. The van der Waals surface area contributed by atoms with Crippen molar-refractivity contribution in [3.8, 4) is 16.9 Å². The van der Waals surface area contributed by atoms with E-state index < -0.39 is 10.0 Å². The number of aryl methyl sites for hydroxylation is 1. The number of nitrogens with one attached hydrogen (secondary N) is 1. The quantitative estimate of drug-likeness (QED) is 0.376. The molecule has 4 rings (SSSR count). The van der Waals surface area contributed by atoms with Crippen LogP contribution in [0, 0.1) is 6.92 Å². The number of benzene rings is 4. The summed E-state index contributed by atoms with van der Waals surface area (Å²) < 4.78 is 29.4. The largest absolute Gasteiger partial charge is 0.508 e. The highest BCUT2D eigenvalue weighted by atomic mass is 32.2. The number of nitrogen functional groups attached to an aromatic ring is 1. The third-order valence-electron chi connectivity index (χ3n) is 5.45. The third kappa shape index (κ3) is 3.94. The molecule has 0 heterocycles. The minimum Gasteiger partial charge on any atom is -0.508 e. The van der Waals surface area contributed by atoms with E-state index in [0.717, 1.165) is 27.8 Å². The van der Waals surface area contributed by atoms with Gasteiger partial charge in [-0.1, -0.05) is 30.3 Å². The van der Waals surface area contributed by atoms with E-state index in [9.17, 15) is 13.5 Å². The van der Waals surface area contributed by atoms with E-state index in [1.807, 2.05) is 56.3 Å². The standard InChI is InChI=1S/C25H25N3O3S/c1-16-14-17(19-12-11-18(29)15-22(19)26)10-13-23(16)27-32(30,31)25-9-5-6-20-21(25)7-4-8-24(20)28(2)3/h4-15,27,29H,26H2,1-3H3. The van der Waals surface area contributed by atoms with Crippen molar-refractivity contribution in [2.75, 3.05) is 29.5 Å². The minimum absolute atomic E-state index is 0.0971. The third-order valence-corrected chi connectivity index (χ3v) is 6.87. The van der Waals surface area contributed by atoms with Crippen molar-refractivity contribution in [1.29, 1.82) is 0 Å². The molecule has 4 aromatic carbocycles. The highest BCUT2D eigenvalue weighted by molar-refractivity contribution is 7.93. The summed E-state index contributed by atoms with van der Waals surface area (Å²) in [6.07, 6.45) is 0. The second-order valence-corrected chi connectivity index (χ2v) is 9.58. The number of phenolic OH excluding ortho intramolecular Hbond substituents is 1. The molecule has 7 heteroatoms. The van der Waals surface area contributed by atoms with Crippen LogP contribution >= 0.6 is 0 Å². The highest BCUT2D eigenvalue weighted by Crippen LogP contribution is 2.34. The van der Waals surface area contributed by atoms with Crippen LogP contribution in [0.2, 0.25) is 0 Å². The van der Waals surface area contributed by atoms with Crippen LogP contribution < -0.4 is 15.4 Å². The van der Waals surface area contributed by atoms with Gasteiger partial charge in [-0.3, -0.25) is 4.72 Å². The first kappa shape index (κ1) is 21.5. The lowest BCUT2D eigenvalue weighted by Gasteiger charge is -2.18. The summed E-state index contributed by atoms with van der Waals surface area (Å²) >= 11 is 0. The van der Waals surface area contributed by atoms with Crippen LogP contribution in [0.1, 0.15) is 5.56 Å². The van der Waals surface area contributed by atoms with Gasteiger partial charge in [0, 0.05) is 47.9 Å². The van der Waals surface area contributed by atoms with Gasteiger partial charge in [-0.2, -0.15) is 0 Å². The molecule has 0 bridgehead atoms. The van der Waals surface area contributed by atoms with Crippen LogP contribution in [0.15, 0.2) is 77.7 Å². The molecule has 0 aliphatic heterocycles. The van der Waals surface area contributed by atoms with Crippen molar-refractivity contribution in [3.05, 3.63) is 78.4 Å². The fraction of sp³-hybridized carbons (Fsp3) is 0.120. The number of anilines is 3. The molecule has 164 valence electrons. The monoisotopic (exact) mass is 447 g/mol. The number of aromatic hydroxyl groups is 1. The van der Waals surface area contributed by atoms with E-state index in [0.29, 0.717) is 16.8 Å². The second kappa shape index (κ2) is 8.09. The molecule has 0 amide bonds. The Balaban J connectivity index is 1.72. The van der Waals surface area contributed by atoms with E-state index >= 15 is 0 Å². The van der Waals surface area contributed by atoms with Crippen LogP contribution in [0.4, 0.5) is 17.1 Å². The second-order valence-electron chi connectivity index (χ2n) is 7.93. The number of hydrogen-bond acceptors (Lipinski definition) is 5. The van der Waals surface area contributed by atoms with E-state index in [4.69, 9.17) is 5.73 Å². The maximum Gasteiger partial charge on any atom is 0.262 e. The van der Waals surface area contributed by atoms with Gasteiger partial charge in [0.2, 0.25) is 0 Å². The van der Waals surface area contributed by atoms with Crippen molar-refractivity contribution >= 4 is 37.9 Å². The van der Waals surface area contributed by atoms with Crippen LogP contribution in [-0.4, -0.2) is 27.6 Å². The zero-order valence-corrected chi connectivity index (χ0v) is 18.9. The predicted octanol–water partition coefficient (Wildman–Crippen LogP) is 4.97. The average molecular weight is 448 g/mol. The van der Waals surface area contributed by atoms with Crippen molar-refractivity contribution in [1.82, 2.24) is 0 Å². The van der Waals surface area contributed by atoms with Gasteiger partial charge in [0.1, 0.15) is 5.75 Å². The van der Waals surface area contributed by atoms with Gasteiger partial charge in [0.15, 0.2) is 0 Å². The Bertz CT molecular complexity index is 1430. The summed E-state index contributed by atoms with van der Waals surface area (Å²) in [5.74, 6) is 0.0971. The summed E-state index contributed by atoms with van der Waals surface area (Å²) in [5.41, 5.74) is 10.3. The van der Waals surface area contributed by atoms with Crippen LogP contribution in [0.3, 0.4) is 0 Å². The summed E-state index contributed by atoms with van der Waals surface area (Å²) in [6.45, 7) is 1.84. The van der Waals surface area contributed by atoms with E-state index in [1.54, 1.807) is 36.4 Å². The molecule has 0 fully saturated rings. The molecule has 4 N–H and O–H groups in total. The van der Waals surface area contributed by atoms with Crippen LogP contribution in [0.25, 0.3) is 21.9 Å². The van der Waals surface area contributed by atoms with E-state index in [-0.39, 0.29) is 10.6 Å². The molecule has 0 spiro atoms. The molecular formula is C25H25N3O3S. The smallest absolute Gasteiger partial charge is 0.262 e. The van der Waals surface area contributed by atoms with Gasteiger partial charge in [-0.05, 0) is 54.4 Å². The summed E-state index contributed by atoms with van der Waals surface area (Å²) in [5, 5.41) is 11.1. The zero-order chi connectivity index (χ0) is 23.0. The molecule has 0 aliphatic rings. The minimum atomic E-state index is -3.82. The lowest BCUT2D eigenvalue weighted by Crippen LogP contribution is -2.15. The van der Waals surface area contributed by atoms with E-state index in [2.05, 4.69) is 4.72 Å². The molecule has 6 nitrogen and oxygen atoms in total. The number of sulfonamides is 1. The number of phenols is 1. The predicted molar refractivity (Wildman–Crippen MR) is 132 cm³/mol. The van der Waals surface area contributed by atoms with Crippen LogP contribution in [0.5, 0.6) is 5.75 Å². The Hall–Kier alpha value is -3.71. The Morgan fingerprint density at radius 1 is 0.906 bits per heavy atom. The molecule has 4 aromatic rings. The molecule has 32 heavy (non-hydrogen) atoms. The van der Waals surface area contributed by atoms with Gasteiger partial charge >= 0.3 is 0 Å². The number of nitrogens with two attached hydrogens (primary N) is 1. The summed E-state index contributed by atoms with van der Waals surface area (Å²) in [4.78, 5) is 2.19. The maximum atomic E-state index is 13.3. The lowest BCUT2D eigenvalue weighted by molar-refractivity contribution is 0.475. The summed E-state index contributed by atoms with van der Waals surface area (Å²) in [6, 6.07) is 21.1. The SMILES string of the molecule is Cc1cc(-c2ccc(O)cc2N)ccc1NS(=O)(=O)c1cccc2c(N(C)C)cccc12. The lowest BCUT2D eigenvalue weighted by atomic mass is 10.0. The van der Waals surface area contributed by atoms with E-state index in [1.165, 1.54) is 6.07 Å². The van der Waals surface area contributed by atoms with Gasteiger partial charge in [-0.25, -0.2) is 8.42 Å². The van der Waals surface area contributed by atoms with Crippen molar-refractivity contribution < 1.29 is 13.5 Å². The van der Waals surface area contributed by atoms with Gasteiger partial charge in [0.05, 0.1) is 10.6 Å². The maximum absolute atomic E-state index is 13.3. The first-order chi connectivity index (χ1) is 15.2. The number of nitrogens with zero attached hydrogens (tertiary/aromatic N) is 1. The van der Waals surface area contributed by atoms with Crippen molar-refractivity contribution in [3.63, 3.8) is 0 Å². The first-order valence-electron chi connectivity index (χ1n) is 10.1. The molecule has 0 aromatic heterocycles. The summed E-state index contributed by atoms with van der Waals surface area (Å²) in [7, 11) is 0.0386. The average Bonchev–Trinajstić information content (AvgIpc) is 2.74. The van der Waals surface area contributed by atoms with Gasteiger partial charge < -0.3 is 15.7 Å². The van der Waals surface area contributed by atoms with Crippen molar-refractivity contribution in [2.45, 2.75) is 11.8 Å². The van der Waals surface area contributed by atoms with Crippen LogP contribution in [-0.2, 0) is 10.0 Å². The topological polar surface area (TPSA) is 95.7 Å². The van der Waals surface area contributed by atoms with Crippen molar-refractivity contribution in [2.24, 2.45) is 0 Å². The molecule has 0 radical (unpaired) electrons. The number of fused-ring (bicyclic) bond motifs is 1. The number of hydrogen-bond donors (Lipinski definition) is 3. The Kier molecular flexibility index (Phi) is 5.44. The van der Waals surface area contributed by atoms with Gasteiger partial charge in [-0.15, -0.1) is 0 Å². The number of rotatable bonds is 5. The first-order valence-corrected chi connectivity index (χ1v) is 11.6. The zero-order valence-electron chi connectivity index (χ0n) is 18.1. The fourth-order valence-corrected chi connectivity index (χ4v) is 5.20. The molecule has 0 saturated heterocycles.